The monoisotopic (exact) mass is 1280 g/mol. The molecular weight excluding hydrogens is 1240 g/mol. The van der Waals surface area contributed by atoms with Gasteiger partial charge >= 0.3 is 95.3 Å². The first kappa shape index (κ1) is 69.2. The van der Waals surface area contributed by atoms with E-state index in [0.29, 0.717) is 0 Å². The van der Waals surface area contributed by atoms with Crippen molar-refractivity contribution in [3.05, 3.63) is 83.4 Å². The second kappa shape index (κ2) is 19.9. The minimum absolute atomic E-state index is 0.0138. The van der Waals surface area contributed by atoms with E-state index in [2.05, 4.69) is 0 Å². The molecule has 2 unspecified atom stereocenters. The van der Waals surface area contributed by atoms with Crippen LogP contribution in [0.1, 0.15) is 35.4 Å². The first-order chi connectivity index (χ1) is 35.5. The van der Waals surface area contributed by atoms with Crippen molar-refractivity contribution in [2.24, 2.45) is 5.73 Å². The Bertz CT molecular complexity index is 2820. The van der Waals surface area contributed by atoms with Crippen LogP contribution < -0.4 is 10.9 Å². The van der Waals surface area contributed by atoms with Gasteiger partial charge in [0.05, 0.1) is 22.2 Å². The number of benzene rings is 3. The van der Waals surface area contributed by atoms with Crippen molar-refractivity contribution in [1.29, 1.82) is 0 Å². The maximum Gasteiger partial charge on any atom is 0.460 e. The SMILES string of the molecule is C[Si](C)(CC(N)C(F)(F)C(F)(F)C(F)(F)C(F)(F)C(F)(F)C(F)(F)C(F)(F)C(F)(F)F)C1=CCC(c2ccc([Si](C)(C)CCC(F)(F)C(F)(F)C(F)(F)C(F)(F)C(F)(F)C(F)(F)C(F)(F)C(F)(F)F)c3ccccc23)c2ccccc21. The number of alkyl halides is 34. The lowest BCUT2D eigenvalue weighted by Gasteiger charge is -2.44. The average Bonchev–Trinajstić information content (AvgIpc) is 3.31. The largest absolute Gasteiger partial charge is 0.460 e. The zero-order valence-electron chi connectivity index (χ0n) is 40.3. The first-order valence-electron chi connectivity index (χ1n) is 22.0. The van der Waals surface area contributed by atoms with Gasteiger partial charge in [-0.15, -0.1) is 0 Å². The number of nitrogens with two attached hydrogens (primary N) is 1. The highest BCUT2D eigenvalue weighted by atomic mass is 28.3. The Morgan fingerprint density at radius 2 is 0.765 bits per heavy atom. The third-order valence-electron chi connectivity index (χ3n) is 13.8. The quantitative estimate of drug-likeness (QED) is 0.0835. The fourth-order valence-electron chi connectivity index (χ4n) is 8.82. The molecule has 0 radical (unpaired) electrons. The average molecular weight is 1280 g/mol. The molecule has 3 aromatic carbocycles. The molecule has 1 nitrogen and oxygen atoms in total. The van der Waals surface area contributed by atoms with Gasteiger partial charge in [-0.2, -0.15) is 149 Å². The van der Waals surface area contributed by atoms with Crippen molar-refractivity contribution in [1.82, 2.24) is 0 Å². The summed E-state index contributed by atoms with van der Waals surface area (Å²) < 4.78 is 476. The summed E-state index contributed by atoms with van der Waals surface area (Å²) in [6.45, 7) is 4.04. The van der Waals surface area contributed by atoms with Gasteiger partial charge in [-0.25, -0.2) is 0 Å². The summed E-state index contributed by atoms with van der Waals surface area (Å²) in [5.74, 6) is -117. The van der Waals surface area contributed by atoms with Crippen molar-refractivity contribution in [2.45, 2.75) is 158 Å². The van der Waals surface area contributed by atoms with Gasteiger partial charge in [0.1, 0.15) is 0 Å². The van der Waals surface area contributed by atoms with Gasteiger partial charge < -0.3 is 5.73 Å². The van der Waals surface area contributed by atoms with Gasteiger partial charge in [0.2, 0.25) is 0 Å². The Kier molecular flexibility index (Phi) is 17.0. The van der Waals surface area contributed by atoms with E-state index >= 15 is 26.3 Å². The fourth-order valence-corrected chi connectivity index (χ4v) is 14.7. The molecule has 0 amide bonds. The molecule has 462 valence electrons. The molecule has 0 aromatic heterocycles. The topological polar surface area (TPSA) is 26.0 Å². The summed E-state index contributed by atoms with van der Waals surface area (Å²) in [5.41, 5.74) is 5.43. The molecular formula is C44H35F34NSi2. The highest BCUT2D eigenvalue weighted by Crippen LogP contribution is 2.67. The van der Waals surface area contributed by atoms with Crippen molar-refractivity contribution >= 4 is 37.3 Å². The zero-order chi connectivity index (χ0) is 63.8. The first-order valence-corrected chi connectivity index (χ1v) is 28.4. The van der Waals surface area contributed by atoms with E-state index in [-0.39, 0.29) is 44.3 Å². The normalized spacial score (nSPS) is 17.8. The Morgan fingerprint density at radius 3 is 1.19 bits per heavy atom. The summed E-state index contributed by atoms with van der Waals surface area (Å²) in [7, 11) is -8.21. The van der Waals surface area contributed by atoms with Gasteiger partial charge in [-0.05, 0) is 46.0 Å². The van der Waals surface area contributed by atoms with Crippen LogP contribution >= 0.6 is 0 Å². The van der Waals surface area contributed by atoms with Crippen LogP contribution in [0.25, 0.3) is 16.0 Å². The standard InChI is InChI=1S/C44H35F34NSi2/c1-80(2,18-17-29(45,46)31(49,50)33(53,54)35(57,58)37(61,62)39(65,66)41(69,70)43(73,74)75)26-15-13-22(20-9-5-7-11-24(20)26)23-14-16-27(25-12-8-6-10-21(23)25)81(3,4)19-28(79)30(47,48)32(51,52)34(55,56)36(59,60)38(63,64)40(67,68)42(71,72)44(76,77)78/h5-13,15-16,23,28H,14,17-19,79H2,1-4H3. The molecule has 0 aliphatic heterocycles. The summed E-state index contributed by atoms with van der Waals surface area (Å²) in [5, 5.41) is -0.147. The van der Waals surface area contributed by atoms with Crippen molar-refractivity contribution in [3.63, 3.8) is 0 Å². The number of allylic oxidation sites excluding steroid dienone is 1. The summed E-state index contributed by atoms with van der Waals surface area (Å²) in [4.78, 5) is 0. The Morgan fingerprint density at radius 1 is 0.407 bits per heavy atom. The van der Waals surface area contributed by atoms with Crippen LogP contribution in [0.15, 0.2) is 66.7 Å². The molecule has 1 aliphatic carbocycles. The summed E-state index contributed by atoms with van der Waals surface area (Å²) in [6.07, 6.45) is -17.8. The second-order valence-electron chi connectivity index (χ2n) is 20.0. The predicted octanol–water partition coefficient (Wildman–Crippen LogP) is 17.7. The molecule has 0 bridgehead atoms. The second-order valence-corrected chi connectivity index (χ2v) is 29.6. The summed E-state index contributed by atoms with van der Waals surface area (Å²) >= 11 is 0. The Labute approximate surface area is 433 Å². The molecule has 0 heterocycles. The molecule has 0 saturated carbocycles. The van der Waals surface area contributed by atoms with Crippen LogP contribution in [0.2, 0.25) is 38.3 Å². The van der Waals surface area contributed by atoms with E-state index < -0.39 is 142 Å². The number of fused-ring (bicyclic) bond motifs is 2. The number of hydrogen-bond donors (Lipinski definition) is 1. The third-order valence-corrected chi connectivity index (χ3v) is 20.6. The van der Waals surface area contributed by atoms with Gasteiger partial charge in [-0.1, -0.05) is 103 Å². The molecule has 37 heteroatoms. The Hall–Kier alpha value is -4.33. The van der Waals surface area contributed by atoms with Crippen molar-refractivity contribution in [2.75, 3.05) is 0 Å². The Balaban J connectivity index is 1.70. The van der Waals surface area contributed by atoms with E-state index in [9.17, 15) is 123 Å². The van der Waals surface area contributed by atoms with Crippen LogP contribution in [0.5, 0.6) is 0 Å². The predicted molar refractivity (Wildman–Crippen MR) is 223 cm³/mol. The van der Waals surface area contributed by atoms with E-state index in [1.54, 1.807) is 0 Å². The molecule has 3 aromatic rings. The molecule has 0 spiro atoms. The molecule has 2 atom stereocenters. The van der Waals surface area contributed by atoms with Gasteiger partial charge in [0.25, 0.3) is 0 Å². The molecule has 0 fully saturated rings. The summed E-state index contributed by atoms with van der Waals surface area (Å²) in [6, 6.07) is 5.40. The van der Waals surface area contributed by atoms with Crippen LogP contribution in [0, 0.1) is 0 Å². The minimum atomic E-state index is -8.88. The number of rotatable bonds is 21. The van der Waals surface area contributed by atoms with Crippen molar-refractivity contribution < 1.29 is 149 Å². The van der Waals surface area contributed by atoms with Crippen LogP contribution in [0.4, 0.5) is 149 Å². The lowest BCUT2D eigenvalue weighted by molar-refractivity contribution is -0.462. The molecule has 0 saturated heterocycles. The molecule has 2 N–H and O–H groups in total. The lowest BCUT2D eigenvalue weighted by Crippen LogP contribution is -2.75. The highest BCUT2D eigenvalue weighted by molar-refractivity contribution is 6.95. The number of hydrogen-bond acceptors (Lipinski definition) is 1. The highest BCUT2D eigenvalue weighted by Gasteiger charge is 2.97. The number of halogens is 34. The van der Waals surface area contributed by atoms with E-state index in [4.69, 9.17) is 5.73 Å². The minimum Gasteiger partial charge on any atom is -0.323 e. The maximum absolute atomic E-state index is 15.4. The van der Waals surface area contributed by atoms with E-state index in [1.807, 2.05) is 0 Å². The zero-order valence-corrected chi connectivity index (χ0v) is 42.3. The third kappa shape index (κ3) is 9.90. The fraction of sp³-hybridized carbons (Fsp3) is 0.591. The van der Waals surface area contributed by atoms with Crippen molar-refractivity contribution in [3.8, 4) is 0 Å². The van der Waals surface area contributed by atoms with Crippen LogP contribution in [-0.2, 0) is 0 Å². The van der Waals surface area contributed by atoms with E-state index in [0.717, 1.165) is 32.3 Å². The van der Waals surface area contributed by atoms with Gasteiger partial charge in [-0.3, -0.25) is 0 Å². The lowest BCUT2D eigenvalue weighted by atomic mass is 9.80. The van der Waals surface area contributed by atoms with Crippen LogP contribution in [-0.4, -0.2) is 117 Å². The van der Waals surface area contributed by atoms with E-state index in [1.165, 1.54) is 60.7 Å². The van der Waals surface area contributed by atoms with Gasteiger partial charge in [0, 0.05) is 12.3 Å². The smallest absolute Gasteiger partial charge is 0.323 e. The van der Waals surface area contributed by atoms with Crippen LogP contribution in [0.3, 0.4) is 0 Å². The maximum atomic E-state index is 15.4. The molecule has 4 rings (SSSR count). The molecule has 81 heavy (non-hydrogen) atoms. The molecule has 1 aliphatic rings. The van der Waals surface area contributed by atoms with Gasteiger partial charge in [0.15, 0.2) is 0 Å².